The standard InChI is InChI=1S/C17H19N3O2S/c21-15-7-3-2-6-14(15)17(22)19-18-12-13-8-9-16(23-13)20-10-4-1-5-11-20/h2-3,6-9,12,21H,1,4-5,10-11H2,(H,19,22)/b18-12+. The first-order valence-electron chi connectivity index (χ1n) is 7.70. The molecule has 120 valence electrons. The van der Waals surface area contributed by atoms with E-state index in [-0.39, 0.29) is 11.3 Å². The minimum atomic E-state index is -0.424. The summed E-state index contributed by atoms with van der Waals surface area (Å²) in [5, 5.41) is 14.9. The third-order valence-corrected chi connectivity index (χ3v) is 4.87. The van der Waals surface area contributed by atoms with Gasteiger partial charge in [0.1, 0.15) is 5.75 Å². The molecule has 1 aromatic heterocycles. The number of hydrogen-bond donors (Lipinski definition) is 2. The van der Waals surface area contributed by atoms with Crippen LogP contribution in [0.5, 0.6) is 5.75 Å². The number of phenols is 1. The fraction of sp³-hybridized carbons (Fsp3) is 0.294. The Morgan fingerprint density at radius 3 is 2.74 bits per heavy atom. The number of rotatable bonds is 4. The van der Waals surface area contributed by atoms with Gasteiger partial charge in [-0.2, -0.15) is 5.10 Å². The maximum Gasteiger partial charge on any atom is 0.275 e. The van der Waals surface area contributed by atoms with Crippen LogP contribution in [-0.4, -0.2) is 30.3 Å². The lowest BCUT2D eigenvalue weighted by molar-refractivity contribution is 0.0952. The van der Waals surface area contributed by atoms with E-state index in [1.165, 1.54) is 30.3 Å². The van der Waals surface area contributed by atoms with Gasteiger partial charge in [-0.3, -0.25) is 4.79 Å². The fourth-order valence-electron chi connectivity index (χ4n) is 2.58. The zero-order chi connectivity index (χ0) is 16.1. The van der Waals surface area contributed by atoms with Crippen molar-refractivity contribution in [1.82, 2.24) is 5.43 Å². The molecule has 1 amide bonds. The van der Waals surface area contributed by atoms with Crippen molar-refractivity contribution in [2.24, 2.45) is 5.10 Å². The van der Waals surface area contributed by atoms with Crippen LogP contribution < -0.4 is 10.3 Å². The molecule has 1 fully saturated rings. The fourth-order valence-corrected chi connectivity index (χ4v) is 3.51. The molecule has 2 N–H and O–H groups in total. The van der Waals surface area contributed by atoms with E-state index in [1.54, 1.807) is 35.8 Å². The number of amides is 1. The number of para-hydroxylation sites is 1. The number of aromatic hydroxyl groups is 1. The number of benzene rings is 1. The van der Waals surface area contributed by atoms with Crippen molar-refractivity contribution < 1.29 is 9.90 Å². The number of hydrazone groups is 1. The lowest BCUT2D eigenvalue weighted by atomic mass is 10.1. The van der Waals surface area contributed by atoms with Crippen molar-refractivity contribution in [1.29, 1.82) is 0 Å². The first-order valence-corrected chi connectivity index (χ1v) is 8.52. The molecule has 0 radical (unpaired) electrons. The molecule has 1 aromatic carbocycles. The Balaban J connectivity index is 1.59. The summed E-state index contributed by atoms with van der Waals surface area (Å²) in [7, 11) is 0. The van der Waals surface area contributed by atoms with Gasteiger partial charge in [-0.05, 0) is 43.5 Å². The minimum Gasteiger partial charge on any atom is -0.507 e. The number of nitrogens with one attached hydrogen (secondary N) is 1. The van der Waals surface area contributed by atoms with Crippen molar-refractivity contribution in [2.45, 2.75) is 19.3 Å². The number of piperidine rings is 1. The molecular formula is C17H19N3O2S. The quantitative estimate of drug-likeness (QED) is 0.669. The summed E-state index contributed by atoms with van der Waals surface area (Å²) < 4.78 is 0. The average molecular weight is 329 g/mol. The molecule has 0 saturated carbocycles. The molecule has 2 aromatic rings. The van der Waals surface area contributed by atoms with Gasteiger partial charge in [-0.15, -0.1) is 11.3 Å². The van der Waals surface area contributed by atoms with E-state index in [0.717, 1.165) is 18.0 Å². The number of thiophene rings is 1. The van der Waals surface area contributed by atoms with Crippen molar-refractivity contribution in [3.63, 3.8) is 0 Å². The Labute approximate surface area is 139 Å². The van der Waals surface area contributed by atoms with E-state index >= 15 is 0 Å². The van der Waals surface area contributed by atoms with E-state index in [1.807, 2.05) is 6.07 Å². The van der Waals surface area contributed by atoms with E-state index in [4.69, 9.17) is 0 Å². The van der Waals surface area contributed by atoms with E-state index in [2.05, 4.69) is 21.5 Å². The predicted molar refractivity (Wildman–Crippen MR) is 93.6 cm³/mol. The van der Waals surface area contributed by atoms with E-state index in [0.29, 0.717) is 0 Å². The molecule has 0 atom stereocenters. The van der Waals surface area contributed by atoms with Gasteiger partial charge in [0.25, 0.3) is 5.91 Å². The van der Waals surface area contributed by atoms with Crippen LogP contribution in [0.4, 0.5) is 5.00 Å². The van der Waals surface area contributed by atoms with Crippen molar-refractivity contribution in [3.8, 4) is 5.75 Å². The van der Waals surface area contributed by atoms with Crippen LogP contribution in [0.25, 0.3) is 0 Å². The molecule has 5 nitrogen and oxygen atoms in total. The number of carbonyl (C=O) groups excluding carboxylic acids is 1. The van der Waals surface area contributed by atoms with Crippen LogP contribution in [-0.2, 0) is 0 Å². The molecule has 1 aliphatic rings. The van der Waals surface area contributed by atoms with Crippen LogP contribution in [0.1, 0.15) is 34.5 Å². The summed E-state index contributed by atoms with van der Waals surface area (Å²) >= 11 is 1.67. The number of nitrogens with zero attached hydrogens (tertiary/aromatic N) is 2. The predicted octanol–water partition coefficient (Wildman–Crippen LogP) is 3.21. The number of anilines is 1. The van der Waals surface area contributed by atoms with Crippen LogP contribution in [0.15, 0.2) is 41.5 Å². The largest absolute Gasteiger partial charge is 0.507 e. The summed E-state index contributed by atoms with van der Waals surface area (Å²) in [6.07, 6.45) is 5.44. The topological polar surface area (TPSA) is 64.9 Å². The smallest absolute Gasteiger partial charge is 0.275 e. The van der Waals surface area contributed by atoms with Crippen LogP contribution in [0, 0.1) is 0 Å². The second kappa shape index (κ2) is 7.28. The first-order chi connectivity index (χ1) is 11.2. The molecule has 1 saturated heterocycles. The molecule has 0 spiro atoms. The van der Waals surface area contributed by atoms with Gasteiger partial charge in [0.05, 0.1) is 16.8 Å². The summed E-state index contributed by atoms with van der Waals surface area (Å²) in [5.74, 6) is -0.476. The van der Waals surface area contributed by atoms with Gasteiger partial charge in [0, 0.05) is 18.0 Å². The van der Waals surface area contributed by atoms with Gasteiger partial charge in [-0.1, -0.05) is 12.1 Å². The zero-order valence-electron chi connectivity index (χ0n) is 12.7. The molecule has 1 aliphatic heterocycles. The van der Waals surface area contributed by atoms with Crippen LogP contribution in [0.2, 0.25) is 0 Å². The third kappa shape index (κ3) is 3.90. The Morgan fingerprint density at radius 2 is 1.96 bits per heavy atom. The van der Waals surface area contributed by atoms with Crippen LogP contribution >= 0.6 is 11.3 Å². The minimum absolute atomic E-state index is 0.0521. The van der Waals surface area contributed by atoms with Crippen molar-refractivity contribution in [2.75, 3.05) is 18.0 Å². The van der Waals surface area contributed by atoms with Crippen molar-refractivity contribution in [3.05, 3.63) is 46.8 Å². The number of hydrogen-bond acceptors (Lipinski definition) is 5. The van der Waals surface area contributed by atoms with Gasteiger partial charge in [0.15, 0.2) is 0 Å². The van der Waals surface area contributed by atoms with Crippen molar-refractivity contribution >= 4 is 28.5 Å². The molecule has 6 heteroatoms. The highest BCUT2D eigenvalue weighted by Gasteiger charge is 2.12. The van der Waals surface area contributed by atoms with E-state index < -0.39 is 5.91 Å². The normalized spacial score (nSPS) is 15.0. The Hall–Kier alpha value is -2.34. The molecule has 0 aliphatic carbocycles. The van der Waals surface area contributed by atoms with Gasteiger partial charge in [-0.25, -0.2) is 5.43 Å². The molecule has 3 rings (SSSR count). The summed E-state index contributed by atoms with van der Waals surface area (Å²) in [6.45, 7) is 2.22. The first kappa shape index (κ1) is 15.6. The van der Waals surface area contributed by atoms with Gasteiger partial charge >= 0.3 is 0 Å². The van der Waals surface area contributed by atoms with Gasteiger partial charge < -0.3 is 10.0 Å². The zero-order valence-corrected chi connectivity index (χ0v) is 13.6. The number of carbonyl (C=O) groups is 1. The maximum absolute atomic E-state index is 11.9. The lowest BCUT2D eigenvalue weighted by Crippen LogP contribution is -2.28. The second-order valence-corrected chi connectivity index (χ2v) is 6.53. The molecular weight excluding hydrogens is 310 g/mol. The third-order valence-electron chi connectivity index (χ3n) is 3.79. The monoisotopic (exact) mass is 329 g/mol. The second-order valence-electron chi connectivity index (χ2n) is 5.44. The molecule has 0 unspecified atom stereocenters. The molecule has 23 heavy (non-hydrogen) atoms. The summed E-state index contributed by atoms with van der Waals surface area (Å²) in [4.78, 5) is 15.3. The number of phenolic OH excluding ortho intramolecular Hbond substituents is 1. The highest BCUT2D eigenvalue weighted by Crippen LogP contribution is 2.27. The molecule has 0 bridgehead atoms. The average Bonchev–Trinajstić information content (AvgIpc) is 3.05. The van der Waals surface area contributed by atoms with Crippen LogP contribution in [0.3, 0.4) is 0 Å². The Bertz CT molecular complexity index is 705. The Morgan fingerprint density at radius 1 is 1.17 bits per heavy atom. The lowest BCUT2D eigenvalue weighted by Gasteiger charge is -2.27. The highest BCUT2D eigenvalue weighted by atomic mass is 32.1. The summed E-state index contributed by atoms with van der Waals surface area (Å²) in [6, 6.07) is 10.5. The molecule has 2 heterocycles. The van der Waals surface area contributed by atoms with Gasteiger partial charge in [0.2, 0.25) is 0 Å². The summed E-state index contributed by atoms with van der Waals surface area (Å²) in [5.41, 5.74) is 2.65. The highest BCUT2D eigenvalue weighted by molar-refractivity contribution is 7.17. The maximum atomic E-state index is 11.9. The SMILES string of the molecule is O=C(N/N=C/c1ccc(N2CCCCC2)s1)c1ccccc1O. The van der Waals surface area contributed by atoms with E-state index in [9.17, 15) is 9.90 Å². The Kier molecular flexibility index (Phi) is 4.92.